The van der Waals surface area contributed by atoms with Crippen molar-refractivity contribution in [2.24, 2.45) is 5.41 Å². The van der Waals surface area contributed by atoms with Crippen LogP contribution >= 0.6 is 0 Å². The first-order valence-corrected chi connectivity index (χ1v) is 6.51. The number of rotatable bonds is 6. The third-order valence-electron chi connectivity index (χ3n) is 3.81. The van der Waals surface area contributed by atoms with Crippen LogP contribution < -0.4 is 4.74 Å². The van der Waals surface area contributed by atoms with Crippen LogP contribution in [0.15, 0.2) is 18.2 Å². The maximum Gasteiger partial charge on any atom is 0.121 e. The van der Waals surface area contributed by atoms with Gasteiger partial charge in [-0.2, -0.15) is 0 Å². The minimum Gasteiger partial charge on any atom is -0.496 e. The van der Waals surface area contributed by atoms with Crippen molar-refractivity contribution < 1.29 is 9.84 Å². The fourth-order valence-corrected chi connectivity index (χ4v) is 2.52. The van der Waals surface area contributed by atoms with E-state index in [1.54, 1.807) is 7.11 Å². The Bertz CT molecular complexity index is 413. The molecule has 0 spiro atoms. The summed E-state index contributed by atoms with van der Waals surface area (Å²) in [5, 5.41) is 9.34. The number of ether oxygens (including phenoxy) is 1. The molecular formula is C15H23NO2. The first-order valence-electron chi connectivity index (χ1n) is 6.51. The largest absolute Gasteiger partial charge is 0.496 e. The highest BCUT2D eigenvalue weighted by Gasteiger charge is 2.42. The molecule has 3 nitrogen and oxygen atoms in total. The number of aryl methyl sites for hydroxylation is 1. The molecule has 1 aromatic carbocycles. The van der Waals surface area contributed by atoms with Crippen LogP contribution in [0.1, 0.15) is 24.0 Å². The van der Waals surface area contributed by atoms with Gasteiger partial charge in [0.15, 0.2) is 0 Å². The molecule has 1 fully saturated rings. The lowest BCUT2D eigenvalue weighted by Crippen LogP contribution is -2.28. The van der Waals surface area contributed by atoms with E-state index in [1.165, 1.54) is 11.1 Å². The minimum atomic E-state index is 0.191. The lowest BCUT2D eigenvalue weighted by Gasteiger charge is -2.22. The molecule has 0 aliphatic heterocycles. The maximum atomic E-state index is 9.34. The van der Waals surface area contributed by atoms with Crippen LogP contribution in [0.3, 0.4) is 0 Å². The zero-order valence-corrected chi connectivity index (χ0v) is 11.6. The number of hydrogen-bond donors (Lipinski definition) is 1. The van der Waals surface area contributed by atoms with Gasteiger partial charge in [-0.05, 0) is 44.0 Å². The minimum absolute atomic E-state index is 0.191. The van der Waals surface area contributed by atoms with E-state index in [0.29, 0.717) is 6.61 Å². The summed E-state index contributed by atoms with van der Waals surface area (Å²) in [7, 11) is 3.82. The van der Waals surface area contributed by atoms with Crippen LogP contribution in [-0.4, -0.2) is 37.3 Å². The summed E-state index contributed by atoms with van der Waals surface area (Å²) in [6.07, 6.45) is 2.32. The van der Waals surface area contributed by atoms with Crippen molar-refractivity contribution in [2.45, 2.75) is 26.3 Å². The van der Waals surface area contributed by atoms with Gasteiger partial charge < -0.3 is 14.7 Å². The highest BCUT2D eigenvalue weighted by Crippen LogP contribution is 2.45. The smallest absolute Gasteiger partial charge is 0.121 e. The van der Waals surface area contributed by atoms with Gasteiger partial charge in [0.05, 0.1) is 7.11 Å². The Kier molecular flexibility index (Phi) is 3.93. The molecular weight excluding hydrogens is 226 g/mol. The summed E-state index contributed by atoms with van der Waals surface area (Å²) in [5.74, 6) is 0.940. The zero-order valence-electron chi connectivity index (χ0n) is 11.6. The Hall–Kier alpha value is -1.06. The van der Waals surface area contributed by atoms with Crippen molar-refractivity contribution in [1.82, 2.24) is 4.90 Å². The summed E-state index contributed by atoms with van der Waals surface area (Å²) < 4.78 is 5.27. The zero-order chi connectivity index (χ0) is 13.2. The van der Waals surface area contributed by atoms with Gasteiger partial charge in [0.2, 0.25) is 0 Å². The molecule has 0 saturated heterocycles. The number of nitrogens with zero attached hydrogens (tertiary/aromatic N) is 1. The summed E-state index contributed by atoms with van der Waals surface area (Å²) >= 11 is 0. The van der Waals surface area contributed by atoms with Gasteiger partial charge in [-0.3, -0.25) is 0 Å². The van der Waals surface area contributed by atoms with Gasteiger partial charge in [0.25, 0.3) is 0 Å². The molecule has 0 bridgehead atoms. The van der Waals surface area contributed by atoms with Crippen molar-refractivity contribution in [2.75, 3.05) is 27.3 Å². The van der Waals surface area contributed by atoms with Crippen LogP contribution in [0.5, 0.6) is 5.75 Å². The molecule has 18 heavy (non-hydrogen) atoms. The Balaban J connectivity index is 1.94. The summed E-state index contributed by atoms with van der Waals surface area (Å²) in [4.78, 5) is 2.30. The lowest BCUT2D eigenvalue weighted by atomic mass is 10.1. The van der Waals surface area contributed by atoms with E-state index in [4.69, 9.17) is 4.74 Å². The van der Waals surface area contributed by atoms with Crippen LogP contribution in [0.25, 0.3) is 0 Å². The van der Waals surface area contributed by atoms with E-state index in [0.717, 1.165) is 31.7 Å². The molecule has 1 N–H and O–H groups in total. The molecule has 1 aromatic rings. The fraction of sp³-hybridized carbons (Fsp3) is 0.600. The second kappa shape index (κ2) is 5.29. The lowest BCUT2D eigenvalue weighted by molar-refractivity contribution is 0.161. The molecule has 1 aliphatic carbocycles. The van der Waals surface area contributed by atoms with Gasteiger partial charge in [0, 0.05) is 25.1 Å². The maximum absolute atomic E-state index is 9.34. The van der Waals surface area contributed by atoms with E-state index in [2.05, 4.69) is 31.0 Å². The number of aliphatic hydroxyl groups excluding tert-OH is 1. The Morgan fingerprint density at radius 1 is 1.39 bits per heavy atom. The van der Waals surface area contributed by atoms with E-state index >= 15 is 0 Å². The quantitative estimate of drug-likeness (QED) is 0.839. The van der Waals surface area contributed by atoms with Gasteiger partial charge in [-0.1, -0.05) is 12.1 Å². The van der Waals surface area contributed by atoms with Crippen molar-refractivity contribution in [3.63, 3.8) is 0 Å². The fourth-order valence-electron chi connectivity index (χ4n) is 2.52. The second-order valence-electron chi connectivity index (χ2n) is 5.63. The molecule has 0 unspecified atom stereocenters. The average molecular weight is 249 g/mol. The Labute approximate surface area is 109 Å². The standard InChI is InChI=1S/C15H23NO2/c1-12-8-13(4-5-14(12)18-3)9-16(2)10-15(11-17)6-7-15/h4-5,8,17H,6-7,9-11H2,1-3H3. The molecule has 0 radical (unpaired) electrons. The molecule has 0 aromatic heterocycles. The average Bonchev–Trinajstić information content (AvgIpc) is 3.09. The third-order valence-corrected chi connectivity index (χ3v) is 3.81. The van der Waals surface area contributed by atoms with Crippen molar-refractivity contribution in [1.29, 1.82) is 0 Å². The van der Waals surface area contributed by atoms with Gasteiger partial charge in [-0.25, -0.2) is 0 Å². The van der Waals surface area contributed by atoms with Gasteiger partial charge in [0.1, 0.15) is 5.75 Å². The van der Waals surface area contributed by atoms with Crippen LogP contribution in [0.2, 0.25) is 0 Å². The molecule has 1 saturated carbocycles. The van der Waals surface area contributed by atoms with Crippen LogP contribution in [0.4, 0.5) is 0 Å². The number of benzene rings is 1. The molecule has 1 aliphatic rings. The van der Waals surface area contributed by atoms with E-state index in [-0.39, 0.29) is 5.41 Å². The molecule has 100 valence electrons. The van der Waals surface area contributed by atoms with Crippen LogP contribution in [-0.2, 0) is 6.54 Å². The predicted octanol–water partition coefficient (Wildman–Crippen LogP) is 2.21. The van der Waals surface area contributed by atoms with Gasteiger partial charge >= 0.3 is 0 Å². The molecule has 0 atom stereocenters. The van der Waals surface area contributed by atoms with Gasteiger partial charge in [-0.15, -0.1) is 0 Å². The highest BCUT2D eigenvalue weighted by atomic mass is 16.5. The summed E-state index contributed by atoms with van der Waals surface area (Å²) in [5.41, 5.74) is 2.66. The van der Waals surface area contributed by atoms with E-state index in [9.17, 15) is 5.11 Å². The Morgan fingerprint density at radius 2 is 2.11 bits per heavy atom. The van der Waals surface area contributed by atoms with E-state index < -0.39 is 0 Å². The first-order chi connectivity index (χ1) is 8.58. The summed E-state index contributed by atoms with van der Waals surface area (Å²) in [6.45, 7) is 4.29. The first kappa shape index (κ1) is 13.4. The van der Waals surface area contributed by atoms with Crippen LogP contribution in [0, 0.1) is 12.3 Å². The highest BCUT2D eigenvalue weighted by molar-refractivity contribution is 5.36. The Morgan fingerprint density at radius 3 is 2.61 bits per heavy atom. The second-order valence-corrected chi connectivity index (χ2v) is 5.63. The SMILES string of the molecule is COc1ccc(CN(C)CC2(CO)CC2)cc1C. The van der Waals surface area contributed by atoms with Crippen molar-refractivity contribution in [3.05, 3.63) is 29.3 Å². The topological polar surface area (TPSA) is 32.7 Å². The number of hydrogen-bond acceptors (Lipinski definition) is 3. The molecule has 2 rings (SSSR count). The van der Waals surface area contributed by atoms with Crippen molar-refractivity contribution in [3.8, 4) is 5.75 Å². The third kappa shape index (κ3) is 3.03. The molecule has 0 amide bonds. The molecule has 3 heteroatoms. The number of methoxy groups -OCH3 is 1. The van der Waals surface area contributed by atoms with Crippen molar-refractivity contribution >= 4 is 0 Å². The van der Waals surface area contributed by atoms with E-state index in [1.807, 2.05) is 6.07 Å². The predicted molar refractivity (Wildman–Crippen MR) is 72.8 cm³/mol. The summed E-state index contributed by atoms with van der Waals surface area (Å²) in [6, 6.07) is 6.31. The molecule has 0 heterocycles. The monoisotopic (exact) mass is 249 g/mol. The number of aliphatic hydroxyl groups is 1. The normalized spacial score (nSPS) is 16.9.